The van der Waals surface area contributed by atoms with E-state index in [9.17, 15) is 9.59 Å². The smallest absolute Gasteiger partial charge is 0.336 e. The lowest BCUT2D eigenvalue weighted by atomic mass is 10.1. The summed E-state index contributed by atoms with van der Waals surface area (Å²) in [5.41, 5.74) is 2.64. The van der Waals surface area contributed by atoms with Crippen LogP contribution in [0.25, 0.3) is 28.4 Å². The van der Waals surface area contributed by atoms with Gasteiger partial charge in [0.25, 0.3) is 0 Å². The summed E-state index contributed by atoms with van der Waals surface area (Å²) in [6.45, 7) is 1.97. The first-order chi connectivity index (χ1) is 14.1. The molecule has 0 radical (unpaired) electrons. The topological polar surface area (TPSA) is 56.5 Å². The molecule has 0 atom stereocenters. The van der Waals surface area contributed by atoms with Crippen LogP contribution in [0, 0.1) is 6.92 Å². The standard InChI is InChI=1S/C25H18O4/c1-17-11-14-19(15-12-17)24-25(23(27)20-9-5-6-10-21(20)28-24)29-22(26)16-13-18-7-3-2-4-8-18/h2-16H,1H3. The molecule has 0 amide bonds. The van der Waals surface area contributed by atoms with Crippen LogP contribution in [0.15, 0.2) is 94.2 Å². The fourth-order valence-electron chi connectivity index (χ4n) is 2.98. The van der Waals surface area contributed by atoms with Crippen molar-refractivity contribution in [3.63, 3.8) is 0 Å². The maximum Gasteiger partial charge on any atom is 0.336 e. The molecule has 4 nitrogen and oxygen atoms in total. The highest BCUT2D eigenvalue weighted by Crippen LogP contribution is 2.31. The van der Waals surface area contributed by atoms with E-state index in [4.69, 9.17) is 9.15 Å². The zero-order valence-corrected chi connectivity index (χ0v) is 15.8. The molecule has 0 aliphatic heterocycles. The molecule has 1 aromatic heterocycles. The van der Waals surface area contributed by atoms with Crippen LogP contribution in [0.4, 0.5) is 0 Å². The zero-order chi connectivity index (χ0) is 20.2. The van der Waals surface area contributed by atoms with E-state index in [1.807, 2.05) is 61.5 Å². The minimum atomic E-state index is -0.648. The summed E-state index contributed by atoms with van der Waals surface area (Å²) in [6.07, 6.45) is 2.93. The van der Waals surface area contributed by atoms with Gasteiger partial charge in [-0.25, -0.2) is 4.79 Å². The number of fused-ring (bicyclic) bond motifs is 1. The third-order valence-corrected chi connectivity index (χ3v) is 4.48. The minimum Gasteiger partial charge on any atom is -0.452 e. The molecule has 4 aromatic rings. The predicted molar refractivity (Wildman–Crippen MR) is 114 cm³/mol. The highest BCUT2D eigenvalue weighted by molar-refractivity contribution is 5.91. The van der Waals surface area contributed by atoms with Crippen molar-refractivity contribution in [1.82, 2.24) is 0 Å². The fourth-order valence-corrected chi connectivity index (χ4v) is 2.98. The first-order valence-corrected chi connectivity index (χ1v) is 9.19. The Morgan fingerprint density at radius 3 is 2.34 bits per heavy atom. The number of para-hydroxylation sites is 1. The second-order valence-corrected chi connectivity index (χ2v) is 6.62. The van der Waals surface area contributed by atoms with Gasteiger partial charge in [0, 0.05) is 11.6 Å². The molecule has 0 N–H and O–H groups in total. The van der Waals surface area contributed by atoms with E-state index < -0.39 is 5.97 Å². The lowest BCUT2D eigenvalue weighted by Gasteiger charge is -2.10. The molecular formula is C25H18O4. The molecule has 1 heterocycles. The van der Waals surface area contributed by atoms with Gasteiger partial charge < -0.3 is 9.15 Å². The average molecular weight is 382 g/mol. The first-order valence-electron chi connectivity index (χ1n) is 9.19. The SMILES string of the molecule is Cc1ccc(-c2oc3ccccc3c(=O)c2OC(=O)C=Cc2ccccc2)cc1. The summed E-state index contributed by atoms with van der Waals surface area (Å²) in [6, 6.07) is 23.8. The van der Waals surface area contributed by atoms with Crippen LogP contribution in [-0.4, -0.2) is 5.97 Å². The van der Waals surface area contributed by atoms with Gasteiger partial charge in [0.2, 0.25) is 11.2 Å². The summed E-state index contributed by atoms with van der Waals surface area (Å²) in [7, 11) is 0. The molecule has 4 heteroatoms. The van der Waals surface area contributed by atoms with E-state index >= 15 is 0 Å². The Hall–Kier alpha value is -3.92. The Balaban J connectivity index is 1.77. The predicted octanol–water partition coefficient (Wildman–Crippen LogP) is 5.39. The summed E-state index contributed by atoms with van der Waals surface area (Å²) in [4.78, 5) is 25.5. The highest BCUT2D eigenvalue weighted by Gasteiger charge is 2.19. The molecule has 142 valence electrons. The number of hydrogen-bond donors (Lipinski definition) is 0. The van der Waals surface area contributed by atoms with Gasteiger partial charge in [-0.3, -0.25) is 4.79 Å². The molecule has 4 rings (SSSR count). The molecule has 0 aliphatic carbocycles. The largest absolute Gasteiger partial charge is 0.452 e. The second kappa shape index (κ2) is 7.98. The van der Waals surface area contributed by atoms with Gasteiger partial charge in [-0.05, 0) is 30.7 Å². The minimum absolute atomic E-state index is 0.115. The number of benzene rings is 3. The van der Waals surface area contributed by atoms with Gasteiger partial charge in [-0.2, -0.15) is 0 Å². The summed E-state index contributed by atoms with van der Waals surface area (Å²) < 4.78 is 11.4. The molecule has 0 aliphatic rings. The van der Waals surface area contributed by atoms with E-state index in [1.54, 1.807) is 30.3 Å². The lowest BCUT2D eigenvalue weighted by Crippen LogP contribution is -2.14. The maximum atomic E-state index is 13.0. The van der Waals surface area contributed by atoms with E-state index in [0.717, 1.165) is 11.1 Å². The number of carbonyl (C=O) groups is 1. The van der Waals surface area contributed by atoms with Crippen molar-refractivity contribution < 1.29 is 13.9 Å². The molecule has 0 saturated carbocycles. The number of rotatable bonds is 4. The van der Waals surface area contributed by atoms with E-state index in [2.05, 4.69) is 0 Å². The van der Waals surface area contributed by atoms with Gasteiger partial charge in [0.15, 0.2) is 5.76 Å². The number of ether oxygens (including phenoxy) is 1. The number of hydrogen-bond acceptors (Lipinski definition) is 4. The maximum absolute atomic E-state index is 13.0. The van der Waals surface area contributed by atoms with Crippen LogP contribution in [0.1, 0.15) is 11.1 Å². The molecule has 0 spiro atoms. The fraction of sp³-hybridized carbons (Fsp3) is 0.0400. The van der Waals surface area contributed by atoms with Gasteiger partial charge in [0.1, 0.15) is 5.58 Å². The highest BCUT2D eigenvalue weighted by atomic mass is 16.5. The Kier molecular flexibility index (Phi) is 5.08. The van der Waals surface area contributed by atoms with Crippen molar-refractivity contribution in [2.45, 2.75) is 6.92 Å². The second-order valence-electron chi connectivity index (χ2n) is 6.62. The third kappa shape index (κ3) is 4.01. The number of aryl methyl sites for hydroxylation is 1. The molecule has 3 aromatic carbocycles. The zero-order valence-electron chi connectivity index (χ0n) is 15.8. The van der Waals surface area contributed by atoms with Gasteiger partial charge in [-0.1, -0.05) is 72.3 Å². The van der Waals surface area contributed by atoms with Crippen LogP contribution in [0.2, 0.25) is 0 Å². The third-order valence-electron chi connectivity index (χ3n) is 4.48. The summed E-state index contributed by atoms with van der Waals surface area (Å²) in [5, 5.41) is 0.359. The van der Waals surface area contributed by atoms with Gasteiger partial charge >= 0.3 is 5.97 Å². The summed E-state index contributed by atoms with van der Waals surface area (Å²) >= 11 is 0. The Morgan fingerprint density at radius 1 is 0.897 bits per heavy atom. The molecule has 0 fully saturated rings. The average Bonchev–Trinajstić information content (AvgIpc) is 2.75. The van der Waals surface area contributed by atoms with Gasteiger partial charge in [0.05, 0.1) is 5.39 Å². The van der Waals surface area contributed by atoms with Gasteiger partial charge in [-0.15, -0.1) is 0 Å². The Bertz CT molecular complexity index is 1250. The number of carbonyl (C=O) groups excluding carboxylic acids is 1. The van der Waals surface area contributed by atoms with E-state index in [-0.39, 0.29) is 16.9 Å². The summed E-state index contributed by atoms with van der Waals surface area (Å²) in [5.74, 6) is -0.532. The molecule has 29 heavy (non-hydrogen) atoms. The molecule has 0 unspecified atom stereocenters. The van der Waals surface area contributed by atoms with Crippen molar-refractivity contribution in [3.05, 3.63) is 106 Å². The van der Waals surface area contributed by atoms with E-state index in [1.165, 1.54) is 6.08 Å². The van der Waals surface area contributed by atoms with Crippen molar-refractivity contribution in [1.29, 1.82) is 0 Å². The van der Waals surface area contributed by atoms with E-state index in [0.29, 0.717) is 16.5 Å². The van der Waals surface area contributed by atoms with Crippen LogP contribution in [-0.2, 0) is 4.79 Å². The quantitative estimate of drug-likeness (QED) is 0.351. The van der Waals surface area contributed by atoms with Crippen molar-refractivity contribution in [2.24, 2.45) is 0 Å². The first kappa shape index (κ1) is 18.4. The monoisotopic (exact) mass is 382 g/mol. The molecule has 0 saturated heterocycles. The molecular weight excluding hydrogens is 364 g/mol. The van der Waals surface area contributed by atoms with Crippen LogP contribution < -0.4 is 10.2 Å². The van der Waals surface area contributed by atoms with Crippen molar-refractivity contribution in [2.75, 3.05) is 0 Å². The number of esters is 1. The Morgan fingerprint density at radius 2 is 1.59 bits per heavy atom. The molecule has 0 bridgehead atoms. The van der Waals surface area contributed by atoms with Crippen LogP contribution in [0.5, 0.6) is 5.75 Å². The van der Waals surface area contributed by atoms with Crippen LogP contribution in [0.3, 0.4) is 0 Å². The van der Waals surface area contributed by atoms with Crippen molar-refractivity contribution >= 4 is 23.0 Å². The Labute approximate surface area is 167 Å². The van der Waals surface area contributed by atoms with Crippen LogP contribution >= 0.6 is 0 Å². The normalized spacial score (nSPS) is 11.1. The lowest BCUT2D eigenvalue weighted by molar-refractivity contribution is -0.129. The van der Waals surface area contributed by atoms with Crippen molar-refractivity contribution in [3.8, 4) is 17.1 Å².